The first-order chi connectivity index (χ1) is 20.4. The smallest absolute Gasteiger partial charge is 0.343 e. The van der Waals surface area contributed by atoms with Crippen molar-refractivity contribution in [1.29, 1.82) is 0 Å². The Morgan fingerprint density at radius 1 is 0.762 bits per heavy atom. The second-order valence-corrected chi connectivity index (χ2v) is 10.3. The van der Waals surface area contributed by atoms with Crippen molar-refractivity contribution in [3.8, 4) is 17.2 Å². The van der Waals surface area contributed by atoms with Crippen LogP contribution in [0.25, 0.3) is 0 Å². The summed E-state index contributed by atoms with van der Waals surface area (Å²) in [6.07, 6.45) is 11.8. The summed E-state index contributed by atoms with van der Waals surface area (Å²) in [5.41, 5.74) is 1.04. The Morgan fingerprint density at radius 3 is 1.88 bits per heavy atom. The van der Waals surface area contributed by atoms with Crippen molar-refractivity contribution in [2.75, 3.05) is 19.8 Å². The van der Waals surface area contributed by atoms with Crippen molar-refractivity contribution in [1.82, 2.24) is 0 Å². The molecule has 1 unspecified atom stereocenters. The van der Waals surface area contributed by atoms with E-state index in [1.165, 1.54) is 0 Å². The Labute approximate surface area is 248 Å². The molecule has 0 aromatic heterocycles. The number of carbonyl (C=O) groups is 3. The Balaban J connectivity index is 1.22. The largest absolute Gasteiger partial charge is 0.494 e. The summed E-state index contributed by atoms with van der Waals surface area (Å²) >= 11 is 0. The van der Waals surface area contributed by atoms with Crippen LogP contribution in [-0.4, -0.2) is 43.8 Å². The lowest BCUT2D eigenvalue weighted by molar-refractivity contribution is -0.139. The van der Waals surface area contributed by atoms with Crippen molar-refractivity contribution in [2.24, 2.45) is 0 Å². The molecule has 0 saturated carbocycles. The molecule has 0 N–H and O–H groups in total. The predicted octanol–water partition coefficient (Wildman–Crippen LogP) is 7.17. The first kappa shape index (κ1) is 32.4. The van der Waals surface area contributed by atoms with Gasteiger partial charge in [-0.25, -0.2) is 14.4 Å². The highest BCUT2D eigenvalue weighted by Crippen LogP contribution is 2.24. The molecule has 2 aromatic rings. The van der Waals surface area contributed by atoms with Gasteiger partial charge in [-0.2, -0.15) is 0 Å². The number of hydrogen-bond acceptors (Lipinski definition) is 8. The van der Waals surface area contributed by atoms with Crippen LogP contribution in [0.4, 0.5) is 0 Å². The quantitative estimate of drug-likeness (QED) is 0.0706. The third-order valence-electron chi connectivity index (χ3n) is 6.82. The van der Waals surface area contributed by atoms with Crippen molar-refractivity contribution in [2.45, 2.75) is 76.7 Å². The number of carbonyl (C=O) groups excluding carboxylic acids is 3. The zero-order valence-electron chi connectivity index (χ0n) is 24.4. The normalized spacial score (nSPS) is 14.2. The molecule has 1 saturated heterocycles. The first-order valence-electron chi connectivity index (χ1n) is 14.8. The van der Waals surface area contributed by atoms with Gasteiger partial charge in [-0.3, -0.25) is 0 Å². The van der Waals surface area contributed by atoms with Gasteiger partial charge >= 0.3 is 17.9 Å². The molecule has 0 aliphatic carbocycles. The van der Waals surface area contributed by atoms with Gasteiger partial charge in [0.1, 0.15) is 23.4 Å². The molecule has 1 fully saturated rings. The highest BCUT2D eigenvalue weighted by molar-refractivity contribution is 5.91. The fraction of sp³-hybridized carbons (Fsp3) is 0.441. The Bertz CT molecular complexity index is 1140. The maximum absolute atomic E-state index is 12.5. The minimum atomic E-state index is -0.441. The van der Waals surface area contributed by atoms with E-state index in [-0.39, 0.29) is 12.1 Å². The van der Waals surface area contributed by atoms with E-state index in [0.717, 1.165) is 76.0 Å². The minimum Gasteiger partial charge on any atom is -0.494 e. The van der Waals surface area contributed by atoms with Gasteiger partial charge < -0.3 is 23.7 Å². The van der Waals surface area contributed by atoms with E-state index >= 15 is 0 Å². The maximum Gasteiger partial charge on any atom is 0.343 e. The molecule has 0 spiro atoms. The van der Waals surface area contributed by atoms with Crippen LogP contribution in [-0.2, 0) is 19.1 Å². The molecule has 1 atom stereocenters. The second kappa shape index (κ2) is 18.4. The molecule has 0 amide bonds. The summed E-state index contributed by atoms with van der Waals surface area (Å²) in [5, 5.41) is 0. The van der Waals surface area contributed by atoms with Gasteiger partial charge in [0.05, 0.1) is 25.4 Å². The summed E-state index contributed by atoms with van der Waals surface area (Å²) in [6, 6.07) is 13.9. The van der Waals surface area contributed by atoms with Gasteiger partial charge in [-0.1, -0.05) is 38.8 Å². The van der Waals surface area contributed by atoms with Crippen LogP contribution in [0.15, 0.2) is 73.3 Å². The second-order valence-electron chi connectivity index (χ2n) is 10.3. The van der Waals surface area contributed by atoms with Crippen LogP contribution in [0, 0.1) is 0 Å². The van der Waals surface area contributed by atoms with Gasteiger partial charge in [0.2, 0.25) is 0 Å². The minimum absolute atomic E-state index is 0.0233. The number of cyclic esters (lactones) is 1. The summed E-state index contributed by atoms with van der Waals surface area (Å²) < 4.78 is 27.2. The summed E-state index contributed by atoms with van der Waals surface area (Å²) in [7, 11) is 0. The van der Waals surface area contributed by atoms with Gasteiger partial charge in [0.25, 0.3) is 0 Å². The van der Waals surface area contributed by atoms with Gasteiger partial charge in [-0.05, 0) is 87.1 Å². The Hall–Kier alpha value is -4.07. The molecule has 2 aromatic carbocycles. The number of unbranched alkanes of at least 4 members (excludes halogenated alkanes) is 7. The highest BCUT2D eigenvalue weighted by atomic mass is 16.6. The SMILES string of the molecule is C=CC(=O)OCCCCCOc1ccc(OC(=O)c2ccc(OCCCCCCCCC3CC(=C)C(=O)O3)cc2)cc1. The van der Waals surface area contributed by atoms with Gasteiger partial charge in [0, 0.05) is 18.1 Å². The zero-order chi connectivity index (χ0) is 30.0. The van der Waals surface area contributed by atoms with Crippen molar-refractivity contribution < 1.29 is 38.1 Å². The number of ether oxygens (including phenoxy) is 5. The number of hydrogen-bond donors (Lipinski definition) is 0. The summed E-state index contributed by atoms with van der Waals surface area (Å²) in [6.45, 7) is 8.63. The van der Waals surface area contributed by atoms with Crippen molar-refractivity contribution in [3.63, 3.8) is 0 Å². The van der Waals surface area contributed by atoms with E-state index in [9.17, 15) is 14.4 Å². The molecular weight excluding hydrogens is 536 g/mol. The van der Waals surface area contributed by atoms with E-state index in [0.29, 0.717) is 48.9 Å². The molecule has 1 aliphatic heterocycles. The fourth-order valence-electron chi connectivity index (χ4n) is 4.43. The van der Waals surface area contributed by atoms with Crippen molar-refractivity contribution >= 4 is 17.9 Å². The monoisotopic (exact) mass is 578 g/mol. The maximum atomic E-state index is 12.5. The number of benzene rings is 2. The lowest BCUT2D eigenvalue weighted by Crippen LogP contribution is -2.08. The van der Waals surface area contributed by atoms with E-state index in [4.69, 9.17) is 23.7 Å². The van der Waals surface area contributed by atoms with Gasteiger partial charge in [-0.15, -0.1) is 0 Å². The third-order valence-corrected chi connectivity index (χ3v) is 6.82. The third kappa shape index (κ3) is 12.2. The van der Waals surface area contributed by atoms with Crippen LogP contribution in [0.1, 0.15) is 81.0 Å². The highest BCUT2D eigenvalue weighted by Gasteiger charge is 2.26. The summed E-state index contributed by atoms with van der Waals surface area (Å²) in [5.74, 6) is 0.759. The topological polar surface area (TPSA) is 97.4 Å². The van der Waals surface area contributed by atoms with Crippen molar-refractivity contribution in [3.05, 3.63) is 78.9 Å². The van der Waals surface area contributed by atoms with Crippen LogP contribution < -0.4 is 14.2 Å². The molecule has 3 rings (SSSR count). The lowest BCUT2D eigenvalue weighted by atomic mass is 10.0. The van der Waals surface area contributed by atoms with Crippen LogP contribution in [0.5, 0.6) is 17.2 Å². The standard InChI is InChI=1S/C34H42O8/c1-3-32(35)40-24-12-8-11-23-39-29-18-20-30(21-19-29)41-34(37)27-14-16-28(17-15-27)38-22-10-7-5-4-6-9-13-31-25-26(2)33(36)42-31/h3,14-21,31H,1-2,4-13,22-25H2. The molecule has 42 heavy (non-hydrogen) atoms. The molecule has 226 valence electrons. The van der Waals surface area contributed by atoms with E-state index in [1.807, 2.05) is 0 Å². The molecular formula is C34H42O8. The summed E-state index contributed by atoms with van der Waals surface area (Å²) in [4.78, 5) is 34.8. The fourth-order valence-corrected chi connectivity index (χ4v) is 4.43. The molecule has 0 radical (unpaired) electrons. The predicted molar refractivity (Wildman–Crippen MR) is 160 cm³/mol. The van der Waals surface area contributed by atoms with E-state index in [2.05, 4.69) is 13.2 Å². The Kier molecular flexibility index (Phi) is 14.2. The lowest BCUT2D eigenvalue weighted by Gasteiger charge is -2.09. The molecule has 1 heterocycles. The number of esters is 3. The van der Waals surface area contributed by atoms with Crippen LogP contribution >= 0.6 is 0 Å². The van der Waals surface area contributed by atoms with Crippen LogP contribution in [0.2, 0.25) is 0 Å². The average molecular weight is 579 g/mol. The molecule has 8 nitrogen and oxygen atoms in total. The molecule has 1 aliphatic rings. The Morgan fingerprint density at radius 2 is 1.29 bits per heavy atom. The zero-order valence-corrected chi connectivity index (χ0v) is 24.4. The van der Waals surface area contributed by atoms with Gasteiger partial charge in [0.15, 0.2) is 0 Å². The number of rotatable bonds is 20. The first-order valence-corrected chi connectivity index (χ1v) is 14.8. The average Bonchev–Trinajstić information content (AvgIpc) is 3.32. The molecule has 8 heteroatoms. The van der Waals surface area contributed by atoms with Crippen LogP contribution in [0.3, 0.4) is 0 Å². The molecule has 0 bridgehead atoms. The van der Waals surface area contributed by atoms with E-state index in [1.54, 1.807) is 48.5 Å². The van der Waals surface area contributed by atoms with E-state index < -0.39 is 11.9 Å².